The van der Waals surface area contributed by atoms with Crippen LogP contribution in [0.4, 0.5) is 4.79 Å². The van der Waals surface area contributed by atoms with Gasteiger partial charge in [-0.25, -0.2) is 9.59 Å². The molecule has 7 nitrogen and oxygen atoms in total. The zero-order valence-corrected chi connectivity index (χ0v) is 18.8. The lowest BCUT2D eigenvalue weighted by Crippen LogP contribution is -2.45. The zero-order chi connectivity index (χ0) is 22.5. The minimum absolute atomic E-state index is 0.168. The topological polar surface area (TPSA) is 85.9 Å². The number of methoxy groups -OCH3 is 2. The lowest BCUT2D eigenvalue weighted by atomic mass is 9.93. The molecule has 0 fully saturated rings. The number of para-hydroxylation sites is 1. The molecular formula is C22H22Cl2N2O5. The van der Waals surface area contributed by atoms with Crippen LogP contribution in [0.1, 0.15) is 30.5 Å². The quantitative estimate of drug-likeness (QED) is 0.576. The first-order valence-corrected chi connectivity index (χ1v) is 10.3. The van der Waals surface area contributed by atoms with Gasteiger partial charge in [-0.2, -0.15) is 0 Å². The molecule has 2 N–H and O–H groups in total. The Morgan fingerprint density at radius 1 is 1.13 bits per heavy atom. The van der Waals surface area contributed by atoms with Crippen molar-refractivity contribution in [2.24, 2.45) is 0 Å². The van der Waals surface area contributed by atoms with E-state index in [1.165, 1.54) is 14.2 Å². The number of hydrogen-bond donors (Lipinski definition) is 2. The number of amides is 2. The molecule has 3 rings (SSSR count). The molecule has 0 radical (unpaired) electrons. The molecule has 0 aromatic heterocycles. The van der Waals surface area contributed by atoms with Gasteiger partial charge in [0.05, 0.1) is 35.9 Å². The third-order valence-corrected chi connectivity index (χ3v) is 5.56. The van der Waals surface area contributed by atoms with Crippen LogP contribution < -0.4 is 20.1 Å². The average Bonchev–Trinajstić information content (AvgIpc) is 2.78. The van der Waals surface area contributed by atoms with E-state index in [4.69, 9.17) is 37.4 Å². The third kappa shape index (κ3) is 4.89. The van der Waals surface area contributed by atoms with Crippen LogP contribution in [0.5, 0.6) is 11.5 Å². The number of allylic oxidation sites excluding steroid dienone is 1. The number of urea groups is 1. The highest BCUT2D eigenvalue weighted by Crippen LogP contribution is 2.40. The minimum atomic E-state index is -0.782. The summed E-state index contributed by atoms with van der Waals surface area (Å²) in [4.78, 5) is 24.8. The smallest absolute Gasteiger partial charge is 0.337 e. The van der Waals surface area contributed by atoms with Crippen molar-refractivity contribution in [2.45, 2.75) is 26.0 Å². The van der Waals surface area contributed by atoms with Gasteiger partial charge in [-0.3, -0.25) is 0 Å². The number of carbonyl (C=O) groups is 2. The second-order valence-corrected chi connectivity index (χ2v) is 7.50. The second-order valence-electron chi connectivity index (χ2n) is 6.68. The Kier molecular flexibility index (Phi) is 7.30. The predicted molar refractivity (Wildman–Crippen MR) is 118 cm³/mol. The van der Waals surface area contributed by atoms with Gasteiger partial charge in [0, 0.05) is 11.3 Å². The molecular weight excluding hydrogens is 443 g/mol. The molecule has 1 aliphatic heterocycles. The Morgan fingerprint density at radius 3 is 2.55 bits per heavy atom. The molecule has 2 amide bonds. The summed E-state index contributed by atoms with van der Waals surface area (Å²) in [5, 5.41) is 6.32. The molecule has 0 bridgehead atoms. The predicted octanol–water partition coefficient (Wildman–Crippen LogP) is 4.77. The SMILES string of the molecule is CCC1=C(C(=O)OC)C(c2cccc(OC)c2OCc2ccc(Cl)c(Cl)c2)NC(=O)N1. The van der Waals surface area contributed by atoms with Gasteiger partial charge in [0.1, 0.15) is 6.61 Å². The Hall–Kier alpha value is -2.90. The first kappa shape index (κ1) is 22.8. The molecule has 31 heavy (non-hydrogen) atoms. The standard InChI is InChI=1S/C22H22Cl2N2O5/c1-4-16-18(21(27)30-3)19(26-22(28)25-16)13-6-5-7-17(29-2)20(13)31-11-12-8-9-14(23)15(24)10-12/h5-10,19H,4,11H2,1-3H3,(H2,25,26,28). The van der Waals surface area contributed by atoms with Crippen LogP contribution in [0, 0.1) is 0 Å². The van der Waals surface area contributed by atoms with Gasteiger partial charge in [0.15, 0.2) is 11.5 Å². The fourth-order valence-electron chi connectivity index (χ4n) is 3.34. The maximum Gasteiger partial charge on any atom is 0.337 e. The number of rotatable bonds is 7. The monoisotopic (exact) mass is 464 g/mol. The summed E-state index contributed by atoms with van der Waals surface area (Å²) in [5.74, 6) is 0.292. The van der Waals surface area contributed by atoms with Crippen molar-refractivity contribution < 1.29 is 23.8 Å². The van der Waals surface area contributed by atoms with Crippen molar-refractivity contribution in [2.75, 3.05) is 14.2 Å². The maximum absolute atomic E-state index is 12.6. The van der Waals surface area contributed by atoms with E-state index in [0.717, 1.165) is 5.56 Å². The lowest BCUT2D eigenvalue weighted by molar-refractivity contribution is -0.136. The van der Waals surface area contributed by atoms with Crippen LogP contribution in [0.15, 0.2) is 47.7 Å². The molecule has 9 heteroatoms. The summed E-state index contributed by atoms with van der Waals surface area (Å²) >= 11 is 12.1. The molecule has 1 aliphatic rings. The molecule has 1 heterocycles. The van der Waals surface area contributed by atoms with Gasteiger partial charge in [0.2, 0.25) is 0 Å². The maximum atomic E-state index is 12.6. The van der Waals surface area contributed by atoms with E-state index < -0.39 is 18.0 Å². The molecule has 0 saturated heterocycles. The zero-order valence-electron chi connectivity index (χ0n) is 17.3. The first-order chi connectivity index (χ1) is 14.9. The number of benzene rings is 2. The van der Waals surface area contributed by atoms with Gasteiger partial charge in [-0.15, -0.1) is 0 Å². The fraction of sp³-hybridized carbons (Fsp3) is 0.273. The molecule has 1 unspecified atom stereocenters. The van der Waals surface area contributed by atoms with E-state index in [9.17, 15) is 9.59 Å². The van der Waals surface area contributed by atoms with E-state index in [1.54, 1.807) is 36.4 Å². The number of halogens is 2. The van der Waals surface area contributed by atoms with Crippen LogP contribution in [-0.2, 0) is 16.1 Å². The fourth-order valence-corrected chi connectivity index (χ4v) is 3.66. The highest BCUT2D eigenvalue weighted by Gasteiger charge is 2.35. The summed E-state index contributed by atoms with van der Waals surface area (Å²) < 4.78 is 16.5. The largest absolute Gasteiger partial charge is 0.493 e. The van der Waals surface area contributed by atoms with Gasteiger partial charge in [-0.1, -0.05) is 48.3 Å². The highest BCUT2D eigenvalue weighted by atomic mass is 35.5. The number of nitrogens with one attached hydrogen (secondary N) is 2. The Labute approximate surface area is 190 Å². The Bertz CT molecular complexity index is 1040. The van der Waals surface area contributed by atoms with Crippen LogP contribution in [-0.4, -0.2) is 26.2 Å². The molecule has 0 aliphatic carbocycles. The van der Waals surface area contributed by atoms with Crippen LogP contribution in [0.2, 0.25) is 10.0 Å². The van der Waals surface area contributed by atoms with Crippen molar-refractivity contribution >= 4 is 35.2 Å². The van der Waals surface area contributed by atoms with Gasteiger partial charge < -0.3 is 24.8 Å². The van der Waals surface area contributed by atoms with E-state index >= 15 is 0 Å². The molecule has 0 saturated carbocycles. The summed E-state index contributed by atoms with van der Waals surface area (Å²) in [6, 6.07) is 9.24. The van der Waals surface area contributed by atoms with Crippen molar-refractivity contribution in [3.8, 4) is 11.5 Å². The average molecular weight is 465 g/mol. The molecule has 2 aromatic rings. The van der Waals surface area contributed by atoms with Crippen LogP contribution >= 0.6 is 23.2 Å². The van der Waals surface area contributed by atoms with Crippen molar-refractivity contribution in [1.82, 2.24) is 10.6 Å². The minimum Gasteiger partial charge on any atom is -0.493 e. The number of carbonyl (C=O) groups excluding carboxylic acids is 2. The summed E-state index contributed by atoms with van der Waals surface area (Å²) in [7, 11) is 2.81. The molecule has 1 atom stereocenters. The lowest BCUT2D eigenvalue weighted by Gasteiger charge is -2.30. The van der Waals surface area contributed by atoms with E-state index in [0.29, 0.717) is 44.8 Å². The normalized spacial score (nSPS) is 15.8. The van der Waals surface area contributed by atoms with E-state index in [1.807, 2.05) is 6.92 Å². The highest BCUT2D eigenvalue weighted by molar-refractivity contribution is 6.42. The molecule has 0 spiro atoms. The molecule has 164 valence electrons. The van der Waals surface area contributed by atoms with Crippen LogP contribution in [0.3, 0.4) is 0 Å². The van der Waals surface area contributed by atoms with Gasteiger partial charge >= 0.3 is 12.0 Å². The first-order valence-electron chi connectivity index (χ1n) is 9.52. The Morgan fingerprint density at radius 2 is 1.90 bits per heavy atom. The van der Waals surface area contributed by atoms with Gasteiger partial charge in [0.25, 0.3) is 0 Å². The summed E-state index contributed by atoms with van der Waals surface area (Å²) in [6.07, 6.45) is 0.442. The van der Waals surface area contributed by atoms with Crippen molar-refractivity contribution in [1.29, 1.82) is 0 Å². The number of ether oxygens (including phenoxy) is 3. The van der Waals surface area contributed by atoms with Gasteiger partial charge in [-0.05, 0) is 30.2 Å². The molecule has 2 aromatic carbocycles. The van der Waals surface area contributed by atoms with Crippen molar-refractivity contribution in [3.63, 3.8) is 0 Å². The Balaban J connectivity index is 2.04. The summed E-state index contributed by atoms with van der Waals surface area (Å²) in [5.41, 5.74) is 2.13. The summed E-state index contributed by atoms with van der Waals surface area (Å²) in [6.45, 7) is 2.01. The number of hydrogen-bond acceptors (Lipinski definition) is 5. The van der Waals surface area contributed by atoms with E-state index in [-0.39, 0.29) is 6.61 Å². The van der Waals surface area contributed by atoms with E-state index in [2.05, 4.69) is 10.6 Å². The third-order valence-electron chi connectivity index (χ3n) is 4.82. The second kappa shape index (κ2) is 9.94. The van der Waals surface area contributed by atoms with Crippen molar-refractivity contribution in [3.05, 3.63) is 68.8 Å². The van der Waals surface area contributed by atoms with Crippen LogP contribution in [0.25, 0.3) is 0 Å². The number of esters is 1.